The summed E-state index contributed by atoms with van der Waals surface area (Å²) in [6.45, 7) is 5.51. The number of carbonyl (C=O) groups excluding carboxylic acids is 3. The van der Waals surface area contributed by atoms with Crippen LogP contribution >= 0.6 is 11.6 Å². The third-order valence-corrected chi connectivity index (χ3v) is 5.25. The highest BCUT2D eigenvalue weighted by Crippen LogP contribution is 2.31. The summed E-state index contributed by atoms with van der Waals surface area (Å²) in [6, 6.07) is 11.0. The number of amides is 2. The highest BCUT2D eigenvalue weighted by Gasteiger charge is 2.37. The number of hydrogen-bond acceptors (Lipinski definition) is 4. The number of nitrogens with one attached hydrogen (secondary N) is 1. The van der Waals surface area contributed by atoms with E-state index in [1.54, 1.807) is 23.1 Å². The number of nitrogens with zero attached hydrogens (tertiary/aromatic N) is 1. The molecule has 2 aromatic rings. The van der Waals surface area contributed by atoms with Gasteiger partial charge in [0.05, 0.1) is 5.92 Å². The number of halogens is 1. The van der Waals surface area contributed by atoms with E-state index in [1.165, 1.54) is 0 Å². The maximum Gasteiger partial charge on any atom is 0.311 e. The number of esters is 1. The molecule has 1 aliphatic heterocycles. The first kappa shape index (κ1) is 20.9. The van der Waals surface area contributed by atoms with E-state index in [9.17, 15) is 14.4 Å². The molecule has 1 heterocycles. The van der Waals surface area contributed by atoms with Crippen molar-refractivity contribution in [1.29, 1.82) is 0 Å². The van der Waals surface area contributed by atoms with Crippen LogP contribution in [0, 0.1) is 26.7 Å². The summed E-state index contributed by atoms with van der Waals surface area (Å²) in [5.74, 6) is -1.77. The van der Waals surface area contributed by atoms with Gasteiger partial charge in [-0.15, -0.1) is 0 Å². The number of rotatable bonds is 5. The highest BCUT2D eigenvalue weighted by molar-refractivity contribution is 6.31. The Morgan fingerprint density at radius 3 is 2.55 bits per heavy atom. The molecule has 0 aliphatic carbocycles. The predicted octanol–water partition coefficient (Wildman–Crippen LogP) is 3.80. The van der Waals surface area contributed by atoms with Crippen molar-refractivity contribution < 1.29 is 19.1 Å². The van der Waals surface area contributed by atoms with Gasteiger partial charge >= 0.3 is 5.97 Å². The molecule has 7 heteroatoms. The van der Waals surface area contributed by atoms with Crippen LogP contribution in [-0.4, -0.2) is 30.9 Å². The van der Waals surface area contributed by atoms with E-state index in [1.807, 2.05) is 39.0 Å². The summed E-state index contributed by atoms with van der Waals surface area (Å²) in [4.78, 5) is 38.4. The molecule has 0 unspecified atom stereocenters. The Labute approximate surface area is 174 Å². The Hall–Kier alpha value is -2.86. The standard InChI is InChI=1S/C22H23ClN2O4/c1-13-7-14(2)9-17(8-13)24-20(26)12-29-22(28)16-10-21(27)25(11-16)19-6-4-5-18(23)15(19)3/h4-9,16H,10-12H2,1-3H3,(H,24,26)/t16-/m1/s1. The molecular weight excluding hydrogens is 392 g/mol. The van der Waals surface area contributed by atoms with Crippen LogP contribution in [0.3, 0.4) is 0 Å². The zero-order valence-corrected chi connectivity index (χ0v) is 17.4. The van der Waals surface area contributed by atoms with E-state index >= 15 is 0 Å². The first-order valence-corrected chi connectivity index (χ1v) is 9.72. The lowest BCUT2D eigenvalue weighted by atomic mass is 10.1. The fourth-order valence-corrected chi connectivity index (χ4v) is 3.65. The smallest absolute Gasteiger partial charge is 0.311 e. The van der Waals surface area contributed by atoms with Gasteiger partial charge in [0.25, 0.3) is 5.91 Å². The van der Waals surface area contributed by atoms with Gasteiger partial charge in [-0.25, -0.2) is 0 Å². The molecule has 29 heavy (non-hydrogen) atoms. The molecule has 0 radical (unpaired) electrons. The number of hydrogen-bond donors (Lipinski definition) is 1. The average Bonchev–Trinajstić information content (AvgIpc) is 3.03. The summed E-state index contributed by atoms with van der Waals surface area (Å²) < 4.78 is 5.15. The maximum absolute atomic E-state index is 12.4. The number of benzene rings is 2. The minimum atomic E-state index is -0.616. The fraction of sp³-hybridized carbons (Fsp3) is 0.318. The molecule has 152 valence electrons. The molecule has 0 spiro atoms. The van der Waals surface area contributed by atoms with Gasteiger partial charge < -0.3 is 15.0 Å². The van der Waals surface area contributed by atoms with E-state index < -0.39 is 24.4 Å². The minimum Gasteiger partial charge on any atom is -0.455 e. The van der Waals surface area contributed by atoms with Crippen LogP contribution in [0.4, 0.5) is 11.4 Å². The molecule has 2 aromatic carbocycles. The van der Waals surface area contributed by atoms with Crippen molar-refractivity contribution in [1.82, 2.24) is 0 Å². The van der Waals surface area contributed by atoms with Crippen molar-refractivity contribution in [3.05, 3.63) is 58.1 Å². The van der Waals surface area contributed by atoms with E-state index in [0.29, 0.717) is 16.4 Å². The minimum absolute atomic E-state index is 0.0451. The molecule has 0 bridgehead atoms. The van der Waals surface area contributed by atoms with Gasteiger partial charge in [-0.05, 0) is 61.7 Å². The SMILES string of the molecule is Cc1cc(C)cc(NC(=O)COC(=O)[C@@H]2CC(=O)N(c3cccc(Cl)c3C)C2)c1. The number of anilines is 2. The van der Waals surface area contributed by atoms with Crippen LogP contribution in [0.25, 0.3) is 0 Å². The van der Waals surface area contributed by atoms with E-state index in [4.69, 9.17) is 16.3 Å². The van der Waals surface area contributed by atoms with Crippen LogP contribution in [-0.2, 0) is 19.1 Å². The Morgan fingerprint density at radius 1 is 1.17 bits per heavy atom. The summed E-state index contributed by atoms with van der Waals surface area (Å²) in [6.07, 6.45) is 0.0451. The molecule has 2 amide bonds. The third-order valence-electron chi connectivity index (χ3n) is 4.84. The number of carbonyl (C=O) groups is 3. The van der Waals surface area contributed by atoms with Gasteiger partial charge in [0, 0.05) is 29.4 Å². The quantitative estimate of drug-likeness (QED) is 0.755. The topological polar surface area (TPSA) is 75.7 Å². The second-order valence-electron chi connectivity index (χ2n) is 7.32. The van der Waals surface area contributed by atoms with Crippen molar-refractivity contribution in [3.63, 3.8) is 0 Å². The van der Waals surface area contributed by atoms with Crippen molar-refractivity contribution in [2.75, 3.05) is 23.4 Å². The van der Waals surface area contributed by atoms with Crippen molar-refractivity contribution in [2.45, 2.75) is 27.2 Å². The van der Waals surface area contributed by atoms with Gasteiger partial charge in [-0.2, -0.15) is 0 Å². The van der Waals surface area contributed by atoms with Gasteiger partial charge in [-0.3, -0.25) is 14.4 Å². The van der Waals surface area contributed by atoms with E-state index in [0.717, 1.165) is 16.7 Å². The predicted molar refractivity (Wildman–Crippen MR) is 112 cm³/mol. The lowest BCUT2D eigenvalue weighted by molar-refractivity contribution is -0.151. The van der Waals surface area contributed by atoms with Crippen LogP contribution in [0.2, 0.25) is 5.02 Å². The van der Waals surface area contributed by atoms with E-state index in [2.05, 4.69) is 5.32 Å². The maximum atomic E-state index is 12.4. The lowest BCUT2D eigenvalue weighted by Crippen LogP contribution is -2.28. The van der Waals surface area contributed by atoms with Gasteiger partial charge in [0.15, 0.2) is 6.61 Å². The molecule has 0 saturated carbocycles. The Bertz CT molecular complexity index is 953. The summed E-state index contributed by atoms with van der Waals surface area (Å²) in [5.41, 5.74) is 4.17. The van der Waals surface area contributed by atoms with Crippen LogP contribution in [0.15, 0.2) is 36.4 Å². The molecule has 6 nitrogen and oxygen atoms in total. The third kappa shape index (κ3) is 4.95. The molecule has 1 atom stereocenters. The zero-order chi connectivity index (χ0) is 21.1. The molecule has 3 rings (SSSR count). The van der Waals surface area contributed by atoms with Crippen LogP contribution < -0.4 is 10.2 Å². The van der Waals surface area contributed by atoms with Crippen molar-refractivity contribution >= 4 is 40.8 Å². The number of aryl methyl sites for hydroxylation is 2. The van der Waals surface area contributed by atoms with Crippen molar-refractivity contribution in [3.8, 4) is 0 Å². The normalized spacial score (nSPS) is 16.1. The second-order valence-corrected chi connectivity index (χ2v) is 7.73. The molecule has 1 saturated heterocycles. The average molecular weight is 415 g/mol. The fourth-order valence-electron chi connectivity index (χ4n) is 3.49. The Morgan fingerprint density at radius 2 is 1.86 bits per heavy atom. The second kappa shape index (κ2) is 8.66. The molecule has 0 aromatic heterocycles. The van der Waals surface area contributed by atoms with Crippen LogP contribution in [0.5, 0.6) is 0 Å². The summed E-state index contributed by atoms with van der Waals surface area (Å²) in [5, 5.41) is 3.28. The molecule has 1 fully saturated rings. The van der Waals surface area contributed by atoms with E-state index in [-0.39, 0.29) is 18.9 Å². The monoisotopic (exact) mass is 414 g/mol. The first-order chi connectivity index (χ1) is 13.7. The zero-order valence-electron chi connectivity index (χ0n) is 16.6. The Balaban J connectivity index is 1.56. The molecule has 1 N–H and O–H groups in total. The van der Waals surface area contributed by atoms with Crippen molar-refractivity contribution in [2.24, 2.45) is 5.92 Å². The molecular formula is C22H23ClN2O4. The van der Waals surface area contributed by atoms with Gasteiger partial charge in [0.1, 0.15) is 0 Å². The number of ether oxygens (including phenoxy) is 1. The van der Waals surface area contributed by atoms with Gasteiger partial charge in [0.2, 0.25) is 5.91 Å². The van der Waals surface area contributed by atoms with Gasteiger partial charge in [-0.1, -0.05) is 23.7 Å². The Kier molecular flexibility index (Phi) is 6.23. The lowest BCUT2D eigenvalue weighted by Gasteiger charge is -2.19. The highest BCUT2D eigenvalue weighted by atomic mass is 35.5. The summed E-state index contributed by atoms with van der Waals surface area (Å²) >= 11 is 6.14. The van der Waals surface area contributed by atoms with Crippen LogP contribution in [0.1, 0.15) is 23.1 Å². The summed E-state index contributed by atoms with van der Waals surface area (Å²) in [7, 11) is 0. The largest absolute Gasteiger partial charge is 0.455 e. The molecule has 1 aliphatic rings. The first-order valence-electron chi connectivity index (χ1n) is 9.35.